The molecular weight excluding hydrogens is 245 g/mol. The van der Waals surface area contributed by atoms with E-state index in [-0.39, 0.29) is 6.04 Å². The van der Waals surface area contributed by atoms with E-state index in [4.69, 9.17) is 27.9 Å². The van der Waals surface area contributed by atoms with Gasteiger partial charge in [0.1, 0.15) is 5.75 Å². The third-order valence-corrected chi connectivity index (χ3v) is 3.11. The van der Waals surface area contributed by atoms with Crippen LogP contribution in [0.25, 0.3) is 0 Å². The van der Waals surface area contributed by atoms with Crippen LogP contribution in [0.15, 0.2) is 12.1 Å². The summed E-state index contributed by atoms with van der Waals surface area (Å²) < 4.78 is 5.42. The molecule has 2 nitrogen and oxygen atoms in total. The molecule has 1 aromatic carbocycles. The molecule has 16 heavy (non-hydrogen) atoms. The Balaban J connectivity index is 3.29. The molecule has 0 aliphatic rings. The van der Waals surface area contributed by atoms with Crippen molar-refractivity contribution < 1.29 is 4.74 Å². The van der Waals surface area contributed by atoms with Gasteiger partial charge in [-0.1, -0.05) is 11.6 Å². The SMILES string of the molecule is COc1c(C)cc(Cl)cc1C(CCl)N(C)C. The first-order valence-electron chi connectivity index (χ1n) is 5.07. The summed E-state index contributed by atoms with van der Waals surface area (Å²) in [4.78, 5) is 2.06. The van der Waals surface area contributed by atoms with Crippen molar-refractivity contribution >= 4 is 23.2 Å². The number of hydrogen-bond acceptors (Lipinski definition) is 2. The summed E-state index contributed by atoms with van der Waals surface area (Å²) in [6.45, 7) is 1.98. The zero-order valence-electron chi connectivity index (χ0n) is 10.1. The Labute approximate surface area is 107 Å². The lowest BCUT2D eigenvalue weighted by Crippen LogP contribution is -2.22. The number of hydrogen-bond donors (Lipinski definition) is 0. The molecule has 0 N–H and O–H groups in total. The molecule has 0 saturated heterocycles. The minimum Gasteiger partial charge on any atom is -0.496 e. The van der Waals surface area contributed by atoms with Crippen molar-refractivity contribution in [2.24, 2.45) is 0 Å². The number of halogens is 2. The number of rotatable bonds is 4. The molecule has 0 heterocycles. The minimum absolute atomic E-state index is 0.106. The number of benzene rings is 1. The van der Waals surface area contributed by atoms with Gasteiger partial charge in [0, 0.05) is 16.5 Å². The summed E-state index contributed by atoms with van der Waals surface area (Å²) in [5.74, 6) is 1.37. The minimum atomic E-state index is 0.106. The van der Waals surface area contributed by atoms with Gasteiger partial charge in [-0.3, -0.25) is 0 Å². The van der Waals surface area contributed by atoms with E-state index in [0.29, 0.717) is 10.9 Å². The molecule has 1 rings (SSSR count). The van der Waals surface area contributed by atoms with Gasteiger partial charge in [-0.05, 0) is 38.7 Å². The molecule has 0 amide bonds. The van der Waals surface area contributed by atoms with Crippen LogP contribution < -0.4 is 4.74 Å². The second-order valence-corrected chi connectivity index (χ2v) is 4.72. The van der Waals surface area contributed by atoms with E-state index in [2.05, 4.69) is 4.90 Å². The predicted octanol–water partition coefficient (Wildman–Crippen LogP) is 3.50. The van der Waals surface area contributed by atoms with Crippen LogP contribution in [-0.4, -0.2) is 32.0 Å². The third-order valence-electron chi connectivity index (χ3n) is 2.60. The first kappa shape index (κ1) is 13.6. The number of alkyl halides is 1. The Kier molecular flexibility index (Phi) is 4.90. The van der Waals surface area contributed by atoms with E-state index in [0.717, 1.165) is 16.9 Å². The largest absolute Gasteiger partial charge is 0.496 e. The zero-order chi connectivity index (χ0) is 12.3. The molecule has 1 aromatic rings. The van der Waals surface area contributed by atoms with Crippen molar-refractivity contribution in [1.29, 1.82) is 0 Å². The summed E-state index contributed by atoms with van der Waals surface area (Å²) >= 11 is 12.1. The lowest BCUT2D eigenvalue weighted by Gasteiger charge is -2.25. The van der Waals surface area contributed by atoms with Gasteiger partial charge in [0.15, 0.2) is 0 Å². The highest BCUT2D eigenvalue weighted by Crippen LogP contribution is 2.34. The third kappa shape index (κ3) is 2.82. The van der Waals surface area contributed by atoms with E-state index in [9.17, 15) is 0 Å². The smallest absolute Gasteiger partial charge is 0.126 e. The van der Waals surface area contributed by atoms with Crippen molar-refractivity contribution in [1.82, 2.24) is 4.90 Å². The first-order valence-corrected chi connectivity index (χ1v) is 5.99. The van der Waals surface area contributed by atoms with Crippen LogP contribution in [0.5, 0.6) is 5.75 Å². The molecule has 0 radical (unpaired) electrons. The Morgan fingerprint density at radius 1 is 1.38 bits per heavy atom. The molecule has 0 spiro atoms. The van der Waals surface area contributed by atoms with Crippen LogP contribution in [0, 0.1) is 6.92 Å². The van der Waals surface area contributed by atoms with Crippen LogP contribution in [0.2, 0.25) is 5.02 Å². The number of methoxy groups -OCH3 is 1. The maximum absolute atomic E-state index is 6.07. The topological polar surface area (TPSA) is 12.5 Å². The highest BCUT2D eigenvalue weighted by molar-refractivity contribution is 6.30. The summed E-state index contributed by atoms with van der Waals surface area (Å²) in [7, 11) is 5.64. The fraction of sp³-hybridized carbons (Fsp3) is 0.500. The van der Waals surface area contributed by atoms with Gasteiger partial charge < -0.3 is 9.64 Å². The molecule has 0 fully saturated rings. The molecule has 4 heteroatoms. The zero-order valence-corrected chi connectivity index (χ0v) is 11.6. The van der Waals surface area contributed by atoms with E-state index in [1.807, 2.05) is 33.2 Å². The van der Waals surface area contributed by atoms with Crippen molar-refractivity contribution in [3.8, 4) is 5.75 Å². The maximum atomic E-state index is 6.07. The Hall–Kier alpha value is -0.440. The summed E-state index contributed by atoms with van der Waals surface area (Å²) in [6.07, 6.45) is 0. The van der Waals surface area contributed by atoms with E-state index >= 15 is 0 Å². The molecule has 0 aliphatic heterocycles. The van der Waals surface area contributed by atoms with Gasteiger partial charge in [0.2, 0.25) is 0 Å². The van der Waals surface area contributed by atoms with Gasteiger partial charge in [0.25, 0.3) is 0 Å². The fourth-order valence-corrected chi connectivity index (χ4v) is 2.50. The molecule has 0 bridgehead atoms. The van der Waals surface area contributed by atoms with Gasteiger partial charge in [-0.25, -0.2) is 0 Å². The average molecular weight is 262 g/mol. The van der Waals surface area contributed by atoms with Gasteiger partial charge in [-0.2, -0.15) is 0 Å². The van der Waals surface area contributed by atoms with Crippen LogP contribution >= 0.6 is 23.2 Å². The van der Waals surface area contributed by atoms with Gasteiger partial charge in [0.05, 0.1) is 13.2 Å². The Morgan fingerprint density at radius 2 is 2.00 bits per heavy atom. The molecule has 1 atom stereocenters. The second kappa shape index (κ2) is 5.76. The molecule has 1 unspecified atom stereocenters. The molecule has 0 aromatic heterocycles. The number of nitrogens with zero attached hydrogens (tertiary/aromatic N) is 1. The average Bonchev–Trinajstić information content (AvgIpc) is 2.17. The van der Waals surface area contributed by atoms with Crippen molar-refractivity contribution in [2.75, 3.05) is 27.1 Å². The normalized spacial score (nSPS) is 12.9. The summed E-state index contributed by atoms with van der Waals surface area (Å²) in [5, 5.41) is 0.713. The lowest BCUT2D eigenvalue weighted by atomic mass is 10.0. The highest BCUT2D eigenvalue weighted by atomic mass is 35.5. The molecule has 0 aliphatic carbocycles. The molecule has 90 valence electrons. The van der Waals surface area contributed by atoms with Crippen LogP contribution in [-0.2, 0) is 0 Å². The van der Waals surface area contributed by atoms with Crippen LogP contribution in [0.1, 0.15) is 17.2 Å². The Bertz CT molecular complexity index is 366. The predicted molar refractivity (Wildman–Crippen MR) is 69.9 cm³/mol. The van der Waals surface area contributed by atoms with Crippen molar-refractivity contribution in [3.63, 3.8) is 0 Å². The standard InChI is InChI=1S/C12H17Cl2NO/c1-8-5-9(14)6-10(12(8)16-4)11(7-13)15(2)3/h5-6,11H,7H2,1-4H3. The van der Waals surface area contributed by atoms with Crippen molar-refractivity contribution in [3.05, 3.63) is 28.3 Å². The molecule has 0 saturated carbocycles. The van der Waals surface area contributed by atoms with Crippen LogP contribution in [0.4, 0.5) is 0 Å². The second-order valence-electron chi connectivity index (χ2n) is 3.98. The van der Waals surface area contributed by atoms with E-state index in [1.54, 1.807) is 7.11 Å². The lowest BCUT2D eigenvalue weighted by molar-refractivity contribution is 0.310. The van der Waals surface area contributed by atoms with Crippen LogP contribution in [0.3, 0.4) is 0 Å². The fourth-order valence-electron chi connectivity index (χ4n) is 1.78. The number of ether oxygens (including phenoxy) is 1. The van der Waals surface area contributed by atoms with E-state index < -0.39 is 0 Å². The van der Waals surface area contributed by atoms with Gasteiger partial charge >= 0.3 is 0 Å². The van der Waals surface area contributed by atoms with Gasteiger partial charge in [-0.15, -0.1) is 11.6 Å². The monoisotopic (exact) mass is 261 g/mol. The Morgan fingerprint density at radius 3 is 2.44 bits per heavy atom. The number of aryl methyl sites for hydroxylation is 1. The summed E-state index contributed by atoms with van der Waals surface area (Å²) in [6, 6.07) is 3.92. The van der Waals surface area contributed by atoms with Crippen molar-refractivity contribution in [2.45, 2.75) is 13.0 Å². The highest BCUT2D eigenvalue weighted by Gasteiger charge is 2.19. The first-order chi connectivity index (χ1) is 7.51. The summed E-state index contributed by atoms with van der Waals surface area (Å²) in [5.41, 5.74) is 2.06. The maximum Gasteiger partial charge on any atom is 0.126 e. The quantitative estimate of drug-likeness (QED) is 0.770. The van der Waals surface area contributed by atoms with E-state index in [1.165, 1.54) is 0 Å². The molecular formula is C12H17Cl2NO.